The number of hydrogen-bond acceptors (Lipinski definition) is 5. The van der Waals surface area contributed by atoms with E-state index >= 15 is 0 Å². The molecular formula is C18H25N5O3. The van der Waals surface area contributed by atoms with Crippen LogP contribution in [0.5, 0.6) is 0 Å². The van der Waals surface area contributed by atoms with Crippen LogP contribution in [0.2, 0.25) is 0 Å². The van der Waals surface area contributed by atoms with Gasteiger partial charge in [-0.1, -0.05) is 0 Å². The van der Waals surface area contributed by atoms with Crippen molar-refractivity contribution in [2.24, 2.45) is 18.7 Å². The fourth-order valence-electron chi connectivity index (χ4n) is 3.53. The monoisotopic (exact) mass is 359 g/mol. The minimum atomic E-state index is -0.336. The van der Waals surface area contributed by atoms with Crippen molar-refractivity contribution in [3.63, 3.8) is 0 Å². The average Bonchev–Trinajstić information content (AvgIpc) is 3.30. The number of rotatable bonds is 6. The second-order valence-corrected chi connectivity index (χ2v) is 6.95. The number of amides is 2. The number of carbonyl (C=O) groups excluding carboxylic acids is 2. The molecule has 2 N–H and O–H groups in total. The molecule has 2 aromatic rings. The minimum Gasteiger partial charge on any atom is -0.467 e. The predicted octanol–water partition coefficient (Wildman–Crippen LogP) is 0.481. The third kappa shape index (κ3) is 3.65. The quantitative estimate of drug-likeness (QED) is 0.809. The van der Waals surface area contributed by atoms with Crippen LogP contribution in [0.3, 0.4) is 0 Å². The predicted molar refractivity (Wildman–Crippen MR) is 95.0 cm³/mol. The van der Waals surface area contributed by atoms with Crippen molar-refractivity contribution in [1.82, 2.24) is 19.6 Å². The van der Waals surface area contributed by atoms with E-state index in [0.717, 1.165) is 17.0 Å². The standard InChI is InChI=1S/C18H25N5O3/c1-12-14(7-20-22(12)3)15-9-23(10-16(15)18(19)25)11-17(24)21(2)8-13-5-4-6-26-13/h4-7,15-16H,8-11H2,1-3H3,(H2,19,25)/t15-,16+/m1/s1. The molecule has 0 saturated carbocycles. The largest absolute Gasteiger partial charge is 0.467 e. The number of aryl methyl sites for hydroxylation is 1. The van der Waals surface area contributed by atoms with Gasteiger partial charge in [-0.25, -0.2) is 0 Å². The van der Waals surface area contributed by atoms with Crippen molar-refractivity contribution in [1.29, 1.82) is 0 Å². The third-order valence-corrected chi connectivity index (χ3v) is 5.19. The first-order valence-corrected chi connectivity index (χ1v) is 8.63. The number of primary amides is 1. The van der Waals surface area contributed by atoms with Crippen LogP contribution in [-0.2, 0) is 23.2 Å². The fourth-order valence-corrected chi connectivity index (χ4v) is 3.53. The lowest BCUT2D eigenvalue weighted by molar-refractivity contribution is -0.132. The molecule has 0 aliphatic carbocycles. The number of nitrogens with zero attached hydrogens (tertiary/aromatic N) is 4. The van der Waals surface area contributed by atoms with Crippen LogP contribution in [0.1, 0.15) is 22.9 Å². The number of likely N-dealkylation sites (N-methyl/N-ethyl adjacent to an activating group) is 1. The Morgan fingerprint density at radius 3 is 2.77 bits per heavy atom. The Bertz CT molecular complexity index is 783. The van der Waals surface area contributed by atoms with E-state index < -0.39 is 0 Å². The summed E-state index contributed by atoms with van der Waals surface area (Å²) >= 11 is 0. The lowest BCUT2D eigenvalue weighted by Gasteiger charge is -2.20. The van der Waals surface area contributed by atoms with Gasteiger partial charge in [0, 0.05) is 38.8 Å². The highest BCUT2D eigenvalue weighted by molar-refractivity contribution is 5.80. The molecule has 8 heteroatoms. The second kappa shape index (κ2) is 7.33. The summed E-state index contributed by atoms with van der Waals surface area (Å²) in [5.41, 5.74) is 7.67. The van der Waals surface area contributed by atoms with E-state index in [9.17, 15) is 9.59 Å². The van der Waals surface area contributed by atoms with Gasteiger partial charge in [0.1, 0.15) is 5.76 Å². The molecule has 2 amide bonds. The molecule has 140 valence electrons. The Labute approximate surface area is 152 Å². The summed E-state index contributed by atoms with van der Waals surface area (Å²) in [7, 11) is 3.62. The molecular weight excluding hydrogens is 334 g/mol. The molecule has 8 nitrogen and oxygen atoms in total. The summed E-state index contributed by atoms with van der Waals surface area (Å²) in [6.45, 7) is 3.74. The summed E-state index contributed by atoms with van der Waals surface area (Å²) in [6.07, 6.45) is 3.39. The van der Waals surface area contributed by atoms with E-state index in [-0.39, 0.29) is 30.2 Å². The lowest BCUT2D eigenvalue weighted by atomic mass is 9.89. The van der Waals surface area contributed by atoms with Crippen molar-refractivity contribution >= 4 is 11.8 Å². The fraction of sp³-hybridized carbons (Fsp3) is 0.500. The van der Waals surface area contributed by atoms with Crippen LogP contribution < -0.4 is 5.73 Å². The lowest BCUT2D eigenvalue weighted by Crippen LogP contribution is -2.37. The first kappa shape index (κ1) is 18.2. The first-order valence-electron chi connectivity index (χ1n) is 8.63. The number of furan rings is 1. The molecule has 1 aliphatic heterocycles. The zero-order chi connectivity index (χ0) is 18.8. The molecule has 2 atom stereocenters. The Morgan fingerprint density at radius 1 is 1.42 bits per heavy atom. The SMILES string of the molecule is Cc1c([C@H]2CN(CC(=O)N(C)Cc3ccco3)C[C@@H]2C(N)=O)cnn1C. The molecule has 0 bridgehead atoms. The van der Waals surface area contributed by atoms with Crippen molar-refractivity contribution in [3.8, 4) is 0 Å². The molecule has 0 aromatic carbocycles. The molecule has 1 saturated heterocycles. The molecule has 1 fully saturated rings. The molecule has 1 aliphatic rings. The summed E-state index contributed by atoms with van der Waals surface area (Å²) in [5, 5.41) is 4.27. The summed E-state index contributed by atoms with van der Waals surface area (Å²) in [4.78, 5) is 28.1. The Hall–Kier alpha value is -2.61. The van der Waals surface area contributed by atoms with Gasteiger partial charge in [0.05, 0.1) is 31.5 Å². The van der Waals surface area contributed by atoms with E-state index in [4.69, 9.17) is 10.2 Å². The van der Waals surface area contributed by atoms with E-state index in [1.165, 1.54) is 0 Å². The number of hydrogen-bond donors (Lipinski definition) is 1. The van der Waals surface area contributed by atoms with Crippen LogP contribution in [-0.4, -0.2) is 58.1 Å². The van der Waals surface area contributed by atoms with Gasteiger partial charge in [0.15, 0.2) is 0 Å². The highest BCUT2D eigenvalue weighted by Crippen LogP contribution is 2.34. The zero-order valence-corrected chi connectivity index (χ0v) is 15.4. The summed E-state index contributed by atoms with van der Waals surface area (Å²) in [6, 6.07) is 3.64. The van der Waals surface area contributed by atoms with Crippen molar-refractivity contribution < 1.29 is 14.0 Å². The summed E-state index contributed by atoms with van der Waals surface area (Å²) in [5.74, 6) is 0.0249. The zero-order valence-electron chi connectivity index (χ0n) is 15.4. The van der Waals surface area contributed by atoms with Gasteiger partial charge in [-0.2, -0.15) is 5.10 Å². The number of carbonyl (C=O) groups is 2. The smallest absolute Gasteiger partial charge is 0.236 e. The maximum Gasteiger partial charge on any atom is 0.236 e. The van der Waals surface area contributed by atoms with Crippen LogP contribution in [0.4, 0.5) is 0 Å². The van der Waals surface area contributed by atoms with Gasteiger partial charge in [0.25, 0.3) is 0 Å². The third-order valence-electron chi connectivity index (χ3n) is 5.19. The van der Waals surface area contributed by atoms with E-state index in [1.807, 2.05) is 24.9 Å². The Morgan fingerprint density at radius 2 is 2.19 bits per heavy atom. The van der Waals surface area contributed by atoms with Gasteiger partial charge in [-0.15, -0.1) is 0 Å². The van der Waals surface area contributed by atoms with E-state index in [0.29, 0.717) is 19.6 Å². The average molecular weight is 359 g/mol. The van der Waals surface area contributed by atoms with Crippen LogP contribution in [0.15, 0.2) is 29.0 Å². The van der Waals surface area contributed by atoms with Crippen LogP contribution in [0, 0.1) is 12.8 Å². The molecule has 0 spiro atoms. The number of likely N-dealkylation sites (tertiary alicyclic amines) is 1. The minimum absolute atomic E-state index is 0.0202. The molecule has 3 heterocycles. The van der Waals surface area contributed by atoms with Gasteiger partial charge >= 0.3 is 0 Å². The number of aromatic nitrogens is 2. The maximum absolute atomic E-state index is 12.5. The molecule has 2 aromatic heterocycles. The van der Waals surface area contributed by atoms with Gasteiger partial charge in [0.2, 0.25) is 11.8 Å². The van der Waals surface area contributed by atoms with Crippen molar-refractivity contribution in [2.75, 3.05) is 26.7 Å². The Balaban J connectivity index is 1.66. The van der Waals surface area contributed by atoms with Crippen LogP contribution >= 0.6 is 0 Å². The van der Waals surface area contributed by atoms with Gasteiger partial charge in [-0.3, -0.25) is 19.2 Å². The Kier molecular flexibility index (Phi) is 5.13. The first-order chi connectivity index (χ1) is 12.4. The number of nitrogens with two attached hydrogens (primary N) is 1. The van der Waals surface area contributed by atoms with Crippen molar-refractivity contribution in [2.45, 2.75) is 19.4 Å². The molecule has 0 radical (unpaired) electrons. The molecule has 3 rings (SSSR count). The van der Waals surface area contributed by atoms with Gasteiger partial charge in [-0.05, 0) is 24.6 Å². The molecule has 0 unspecified atom stereocenters. The second-order valence-electron chi connectivity index (χ2n) is 6.95. The van der Waals surface area contributed by atoms with Crippen LogP contribution in [0.25, 0.3) is 0 Å². The normalized spacial score (nSPS) is 20.4. The molecule has 26 heavy (non-hydrogen) atoms. The van der Waals surface area contributed by atoms with Gasteiger partial charge < -0.3 is 15.1 Å². The maximum atomic E-state index is 12.5. The van der Waals surface area contributed by atoms with E-state index in [2.05, 4.69) is 5.10 Å². The summed E-state index contributed by atoms with van der Waals surface area (Å²) < 4.78 is 7.08. The highest BCUT2D eigenvalue weighted by Gasteiger charge is 2.39. The topological polar surface area (TPSA) is 97.6 Å². The van der Waals surface area contributed by atoms with Crippen molar-refractivity contribution in [3.05, 3.63) is 41.6 Å². The highest BCUT2D eigenvalue weighted by atomic mass is 16.3. The van der Waals surface area contributed by atoms with E-state index in [1.54, 1.807) is 35.2 Å².